The summed E-state index contributed by atoms with van der Waals surface area (Å²) in [6.07, 6.45) is 9.58. The number of aryl methyl sites for hydroxylation is 2. The normalized spacial score (nSPS) is 23.4. The van der Waals surface area contributed by atoms with Gasteiger partial charge in [0, 0.05) is 45.0 Å². The number of hydrogen-bond donors (Lipinski definition) is 2. The van der Waals surface area contributed by atoms with E-state index in [1.165, 1.54) is 16.7 Å². The summed E-state index contributed by atoms with van der Waals surface area (Å²) in [4.78, 5) is 33.8. The number of amides is 2. The highest BCUT2D eigenvalue weighted by molar-refractivity contribution is 5.91. The van der Waals surface area contributed by atoms with Gasteiger partial charge in [-0.05, 0) is 91.5 Å². The minimum Gasteiger partial charge on any atom is -0.497 e. The molecule has 1 aromatic carbocycles. The van der Waals surface area contributed by atoms with Gasteiger partial charge in [0.05, 0.1) is 18.8 Å². The van der Waals surface area contributed by atoms with Crippen molar-refractivity contribution in [1.29, 1.82) is 0 Å². The third kappa shape index (κ3) is 5.81. The highest BCUT2D eigenvalue weighted by atomic mass is 16.5. The monoisotopic (exact) mass is 569 g/mol. The van der Waals surface area contributed by atoms with Gasteiger partial charge in [0.2, 0.25) is 11.8 Å². The van der Waals surface area contributed by atoms with Crippen molar-refractivity contribution in [3.63, 3.8) is 0 Å². The van der Waals surface area contributed by atoms with Crippen molar-refractivity contribution in [1.82, 2.24) is 35.5 Å². The van der Waals surface area contributed by atoms with Gasteiger partial charge in [0.15, 0.2) is 0 Å². The van der Waals surface area contributed by atoms with Crippen LogP contribution in [0.25, 0.3) is 6.08 Å². The first-order chi connectivity index (χ1) is 20.4. The van der Waals surface area contributed by atoms with Gasteiger partial charge in [0.1, 0.15) is 17.5 Å². The number of likely N-dealkylation sites (tertiary alicyclic amines) is 1. The van der Waals surface area contributed by atoms with Gasteiger partial charge in [-0.3, -0.25) is 19.3 Å². The number of aromatic nitrogens is 4. The van der Waals surface area contributed by atoms with Gasteiger partial charge in [0.25, 0.3) is 0 Å². The van der Waals surface area contributed by atoms with E-state index in [-0.39, 0.29) is 29.7 Å². The minimum atomic E-state index is -0.502. The van der Waals surface area contributed by atoms with Gasteiger partial charge in [-0.2, -0.15) is 0 Å². The van der Waals surface area contributed by atoms with E-state index in [1.54, 1.807) is 13.3 Å². The molecule has 2 saturated heterocycles. The first-order valence-electron chi connectivity index (χ1n) is 14.8. The second kappa shape index (κ2) is 12.1. The number of carbonyl (C=O) groups excluding carboxylic acids is 2. The number of ether oxygens (including phenoxy) is 1. The highest BCUT2D eigenvalue weighted by Gasteiger charge is 2.43. The molecule has 10 heteroatoms. The van der Waals surface area contributed by atoms with Crippen LogP contribution in [-0.2, 0) is 29.5 Å². The molecule has 2 aliphatic heterocycles. The molecule has 42 heavy (non-hydrogen) atoms. The molecule has 0 saturated carbocycles. The highest BCUT2D eigenvalue weighted by Crippen LogP contribution is 2.32. The largest absolute Gasteiger partial charge is 0.497 e. The van der Waals surface area contributed by atoms with Crippen molar-refractivity contribution in [3.8, 4) is 5.75 Å². The molecular formula is C32H39N7O3. The van der Waals surface area contributed by atoms with Gasteiger partial charge < -0.3 is 20.3 Å². The number of fused-ring (bicyclic) bond motifs is 1. The Labute approximate surface area is 246 Å². The molecule has 4 atom stereocenters. The Hall–Kier alpha value is -4.05. The SMILES string of the molecule is COc1ccc(CC2CC(C(=O)NCC3=Cc4nnn(C)c4CC3)N(C(=O)C3CC(c4cnccc4C)CN3)C2)cc1. The third-order valence-corrected chi connectivity index (χ3v) is 9.09. The quantitative estimate of drug-likeness (QED) is 0.429. The molecule has 4 heterocycles. The van der Waals surface area contributed by atoms with Crippen LogP contribution in [0.15, 0.2) is 48.3 Å². The van der Waals surface area contributed by atoms with E-state index in [0.29, 0.717) is 25.9 Å². The Morgan fingerprint density at radius 2 is 1.98 bits per heavy atom. The van der Waals surface area contributed by atoms with Crippen molar-refractivity contribution < 1.29 is 14.3 Å². The Bertz CT molecular complexity index is 1480. The summed E-state index contributed by atoms with van der Waals surface area (Å²) in [7, 11) is 3.56. The van der Waals surface area contributed by atoms with Crippen LogP contribution in [0.2, 0.25) is 0 Å². The fourth-order valence-corrected chi connectivity index (χ4v) is 6.72. The number of nitrogens with zero attached hydrogens (tertiary/aromatic N) is 5. The number of carbonyl (C=O) groups is 2. The molecule has 220 valence electrons. The molecule has 2 amide bonds. The maximum absolute atomic E-state index is 14.0. The van der Waals surface area contributed by atoms with E-state index >= 15 is 0 Å². The number of methoxy groups -OCH3 is 1. The summed E-state index contributed by atoms with van der Waals surface area (Å²) in [6, 6.07) is 9.24. The van der Waals surface area contributed by atoms with Crippen LogP contribution in [0.3, 0.4) is 0 Å². The van der Waals surface area contributed by atoms with E-state index < -0.39 is 6.04 Å². The van der Waals surface area contributed by atoms with Crippen LogP contribution in [0, 0.1) is 12.8 Å². The van der Waals surface area contributed by atoms with E-state index in [9.17, 15) is 9.59 Å². The zero-order chi connectivity index (χ0) is 29.2. The standard InChI is InChI=1S/C32H39N7O3/c1-20-10-11-33-18-26(20)24-15-28(34-17-24)32(41)39-19-23(12-21-4-7-25(42-3)8-5-21)14-30(39)31(40)35-16-22-6-9-29-27(13-22)36-37-38(29)2/h4-5,7-8,10-11,13,18,23-24,28,30,34H,6,9,12,14-17,19H2,1-3H3,(H,35,40). The van der Waals surface area contributed by atoms with Crippen LogP contribution < -0.4 is 15.4 Å². The Morgan fingerprint density at radius 3 is 2.76 bits per heavy atom. The predicted octanol–water partition coefficient (Wildman–Crippen LogP) is 2.58. The lowest BCUT2D eigenvalue weighted by Gasteiger charge is -2.27. The van der Waals surface area contributed by atoms with Crippen LogP contribution in [0.1, 0.15) is 53.3 Å². The fourth-order valence-electron chi connectivity index (χ4n) is 6.72. The molecule has 2 aromatic heterocycles. The van der Waals surface area contributed by atoms with Crippen LogP contribution in [0.5, 0.6) is 5.75 Å². The molecular weight excluding hydrogens is 530 g/mol. The van der Waals surface area contributed by atoms with Crippen molar-refractivity contribution >= 4 is 17.9 Å². The summed E-state index contributed by atoms with van der Waals surface area (Å²) < 4.78 is 7.12. The number of nitrogens with one attached hydrogen (secondary N) is 2. The summed E-state index contributed by atoms with van der Waals surface area (Å²) in [5.74, 6) is 1.14. The molecule has 0 radical (unpaired) electrons. The average molecular weight is 570 g/mol. The van der Waals surface area contributed by atoms with E-state index in [4.69, 9.17) is 4.74 Å². The van der Waals surface area contributed by atoms with Crippen molar-refractivity contribution in [2.45, 2.75) is 57.0 Å². The molecule has 0 spiro atoms. The van der Waals surface area contributed by atoms with E-state index in [1.807, 2.05) is 47.1 Å². The lowest BCUT2D eigenvalue weighted by molar-refractivity contribution is -0.139. The average Bonchev–Trinajstić information content (AvgIpc) is 3.75. The zero-order valence-corrected chi connectivity index (χ0v) is 24.5. The molecule has 3 aliphatic rings. The molecule has 4 unspecified atom stereocenters. The van der Waals surface area contributed by atoms with Crippen LogP contribution in [0.4, 0.5) is 0 Å². The van der Waals surface area contributed by atoms with Crippen LogP contribution in [-0.4, -0.2) is 75.5 Å². The molecule has 1 aliphatic carbocycles. The smallest absolute Gasteiger partial charge is 0.243 e. The minimum absolute atomic E-state index is 0.0116. The maximum Gasteiger partial charge on any atom is 0.243 e. The second-order valence-electron chi connectivity index (χ2n) is 11.9. The number of benzene rings is 1. The fraction of sp³-hybridized carbons (Fsp3) is 0.469. The van der Waals surface area contributed by atoms with E-state index in [2.05, 4.69) is 45.0 Å². The number of hydrogen-bond acceptors (Lipinski definition) is 7. The maximum atomic E-state index is 14.0. The predicted molar refractivity (Wildman–Crippen MR) is 159 cm³/mol. The molecule has 6 rings (SSSR count). The lowest BCUT2D eigenvalue weighted by atomic mass is 9.94. The topological polar surface area (TPSA) is 114 Å². The lowest BCUT2D eigenvalue weighted by Crippen LogP contribution is -2.51. The van der Waals surface area contributed by atoms with Gasteiger partial charge >= 0.3 is 0 Å². The Kier molecular flexibility index (Phi) is 8.06. The number of rotatable bonds is 8. The second-order valence-corrected chi connectivity index (χ2v) is 11.9. The summed E-state index contributed by atoms with van der Waals surface area (Å²) >= 11 is 0. The van der Waals surface area contributed by atoms with Crippen LogP contribution >= 0.6 is 0 Å². The van der Waals surface area contributed by atoms with Gasteiger partial charge in [-0.15, -0.1) is 5.10 Å². The van der Waals surface area contributed by atoms with Crippen molar-refractivity contribution in [2.24, 2.45) is 13.0 Å². The summed E-state index contributed by atoms with van der Waals surface area (Å²) in [5, 5.41) is 15.0. The molecule has 10 nitrogen and oxygen atoms in total. The van der Waals surface area contributed by atoms with Crippen molar-refractivity contribution in [2.75, 3.05) is 26.7 Å². The summed E-state index contributed by atoms with van der Waals surface area (Å²) in [5.41, 5.74) is 6.65. The summed E-state index contributed by atoms with van der Waals surface area (Å²) in [6.45, 7) is 3.81. The van der Waals surface area contributed by atoms with Gasteiger partial charge in [-0.25, -0.2) is 0 Å². The van der Waals surface area contributed by atoms with E-state index in [0.717, 1.165) is 48.5 Å². The Balaban J connectivity index is 1.15. The molecule has 3 aromatic rings. The molecule has 2 N–H and O–H groups in total. The number of pyridine rings is 1. The first-order valence-corrected chi connectivity index (χ1v) is 14.8. The Morgan fingerprint density at radius 1 is 1.14 bits per heavy atom. The third-order valence-electron chi connectivity index (χ3n) is 9.09. The zero-order valence-electron chi connectivity index (χ0n) is 24.5. The van der Waals surface area contributed by atoms with Crippen molar-refractivity contribution in [3.05, 3.63) is 76.4 Å². The molecule has 2 fully saturated rings. The van der Waals surface area contributed by atoms with Gasteiger partial charge in [-0.1, -0.05) is 17.3 Å². The molecule has 0 bridgehead atoms. The first kappa shape index (κ1) is 28.1.